The normalized spacial score (nSPS) is 22.5. The number of ether oxygens (including phenoxy) is 1. The van der Waals surface area contributed by atoms with Gasteiger partial charge in [0.2, 0.25) is 5.43 Å². The van der Waals surface area contributed by atoms with Gasteiger partial charge in [0.05, 0.1) is 29.8 Å². The molecule has 2 atom stereocenters. The summed E-state index contributed by atoms with van der Waals surface area (Å²) in [5.74, 6) is -0.878. The van der Waals surface area contributed by atoms with E-state index >= 15 is 0 Å². The number of hydrogen-bond donors (Lipinski definition) is 3. The van der Waals surface area contributed by atoms with Crippen molar-refractivity contribution in [3.63, 3.8) is 0 Å². The van der Waals surface area contributed by atoms with Crippen LogP contribution < -0.4 is 15.1 Å². The number of hydrogen-bond acceptors (Lipinski definition) is 6. The van der Waals surface area contributed by atoms with E-state index in [1.807, 2.05) is 9.47 Å². The number of carboxylic acids is 1. The van der Waals surface area contributed by atoms with Crippen molar-refractivity contribution in [3.05, 3.63) is 34.1 Å². The molecule has 4 rings (SSSR count). The third kappa shape index (κ3) is 3.02. The van der Waals surface area contributed by atoms with E-state index in [-0.39, 0.29) is 24.1 Å². The van der Waals surface area contributed by atoms with E-state index in [0.717, 1.165) is 18.5 Å². The van der Waals surface area contributed by atoms with Crippen LogP contribution in [0.1, 0.15) is 35.7 Å². The Kier molecular flexibility index (Phi) is 4.76. The molecule has 2 unspecified atom stereocenters. The topological polar surface area (TPSA) is 112 Å². The van der Waals surface area contributed by atoms with Gasteiger partial charge in [0, 0.05) is 37.9 Å². The highest BCUT2D eigenvalue weighted by Crippen LogP contribution is 2.43. The second-order valence-corrected chi connectivity index (χ2v) is 7.57. The van der Waals surface area contributed by atoms with Gasteiger partial charge in [-0.3, -0.25) is 4.79 Å². The van der Waals surface area contributed by atoms with Crippen molar-refractivity contribution < 1.29 is 24.9 Å². The molecule has 0 spiro atoms. The monoisotopic (exact) mass is 388 g/mol. The largest absolute Gasteiger partial charge is 0.492 e. The number of anilines is 1. The number of carbonyl (C=O) groups is 1. The molecule has 2 heterocycles. The Morgan fingerprint density at radius 1 is 1.29 bits per heavy atom. The predicted molar refractivity (Wildman–Crippen MR) is 103 cm³/mol. The van der Waals surface area contributed by atoms with Crippen LogP contribution >= 0.6 is 0 Å². The van der Waals surface area contributed by atoms with Crippen molar-refractivity contribution in [3.8, 4) is 5.75 Å². The van der Waals surface area contributed by atoms with Crippen LogP contribution in [0.3, 0.4) is 0 Å². The van der Waals surface area contributed by atoms with Crippen molar-refractivity contribution in [2.45, 2.75) is 31.4 Å². The van der Waals surface area contributed by atoms with Crippen LogP contribution in [0.2, 0.25) is 0 Å². The molecule has 28 heavy (non-hydrogen) atoms. The van der Waals surface area contributed by atoms with Gasteiger partial charge in [0.1, 0.15) is 5.56 Å². The maximum atomic E-state index is 12.7. The molecule has 150 valence electrons. The molecule has 0 bridgehead atoms. The van der Waals surface area contributed by atoms with E-state index < -0.39 is 17.5 Å². The number of aliphatic hydroxyl groups excluding tert-OH is 2. The SMILES string of the molecule is COc1c(N2CCC(CO)C(O)C2)ccc2c(=O)c(C(=O)O)cn(C3CC3)c12. The van der Waals surface area contributed by atoms with Gasteiger partial charge in [-0.05, 0) is 31.4 Å². The Morgan fingerprint density at radius 3 is 2.61 bits per heavy atom. The number of β-amino-alcohol motifs (C(OH)–C–C–N with tert-alkyl or cyclic N) is 1. The van der Waals surface area contributed by atoms with Crippen molar-refractivity contribution in [2.24, 2.45) is 5.92 Å². The molecule has 0 radical (unpaired) electrons. The van der Waals surface area contributed by atoms with E-state index in [4.69, 9.17) is 4.74 Å². The molecule has 0 amide bonds. The molecule has 1 aromatic carbocycles. The summed E-state index contributed by atoms with van der Waals surface area (Å²) in [5, 5.41) is 29.4. The first-order chi connectivity index (χ1) is 13.5. The highest BCUT2D eigenvalue weighted by Gasteiger charge is 2.32. The molecule has 1 saturated carbocycles. The molecule has 2 fully saturated rings. The van der Waals surface area contributed by atoms with Crippen LogP contribution in [-0.4, -0.2) is 58.8 Å². The van der Waals surface area contributed by atoms with Crippen LogP contribution in [0.5, 0.6) is 5.75 Å². The van der Waals surface area contributed by atoms with Gasteiger partial charge in [0.15, 0.2) is 5.75 Å². The fourth-order valence-corrected chi connectivity index (χ4v) is 4.06. The number of aromatic carboxylic acids is 1. The van der Waals surface area contributed by atoms with E-state index in [1.54, 1.807) is 12.1 Å². The average Bonchev–Trinajstić information content (AvgIpc) is 3.52. The molecule has 8 nitrogen and oxygen atoms in total. The first-order valence-electron chi connectivity index (χ1n) is 9.49. The summed E-state index contributed by atoms with van der Waals surface area (Å²) >= 11 is 0. The number of carboxylic acid groups (broad SMARTS) is 1. The maximum absolute atomic E-state index is 12.7. The molecule has 1 aromatic heterocycles. The van der Waals surface area contributed by atoms with Crippen molar-refractivity contribution in [1.82, 2.24) is 4.57 Å². The lowest BCUT2D eigenvalue weighted by molar-refractivity contribution is 0.0547. The number of piperidine rings is 1. The minimum absolute atomic E-state index is 0.0525. The standard InChI is InChI=1S/C20H24N2O6/c1-28-19-15(21-7-6-11(10-23)16(24)9-21)5-4-13-17(19)22(12-2-3-12)8-14(18(13)25)20(26)27/h4-5,8,11-12,16,23-24H,2-3,6-7,9-10H2,1H3,(H,26,27). The smallest absolute Gasteiger partial charge is 0.341 e. The fraction of sp³-hybridized carbons (Fsp3) is 0.500. The number of rotatable bonds is 5. The first-order valence-corrected chi connectivity index (χ1v) is 9.49. The van der Waals surface area contributed by atoms with Gasteiger partial charge in [-0.2, -0.15) is 0 Å². The van der Waals surface area contributed by atoms with E-state index in [1.165, 1.54) is 13.3 Å². The second-order valence-electron chi connectivity index (χ2n) is 7.57. The molecule has 1 aliphatic carbocycles. The van der Waals surface area contributed by atoms with E-state index in [9.17, 15) is 24.9 Å². The van der Waals surface area contributed by atoms with Gasteiger partial charge >= 0.3 is 5.97 Å². The zero-order valence-electron chi connectivity index (χ0n) is 15.7. The highest BCUT2D eigenvalue weighted by molar-refractivity contribution is 5.97. The van der Waals surface area contributed by atoms with Gasteiger partial charge in [-0.15, -0.1) is 0 Å². The van der Waals surface area contributed by atoms with Gasteiger partial charge < -0.3 is 29.5 Å². The highest BCUT2D eigenvalue weighted by atomic mass is 16.5. The van der Waals surface area contributed by atoms with E-state index in [2.05, 4.69) is 0 Å². The van der Waals surface area contributed by atoms with Crippen LogP contribution in [0.15, 0.2) is 23.1 Å². The zero-order chi connectivity index (χ0) is 20.0. The van der Waals surface area contributed by atoms with Crippen LogP contribution in [0.25, 0.3) is 10.9 Å². The molecular weight excluding hydrogens is 364 g/mol. The number of nitrogens with zero attached hydrogens (tertiary/aromatic N) is 2. The molecule has 3 N–H and O–H groups in total. The minimum Gasteiger partial charge on any atom is -0.492 e. The molecule has 2 aliphatic rings. The van der Waals surface area contributed by atoms with E-state index in [0.29, 0.717) is 36.2 Å². The number of methoxy groups -OCH3 is 1. The summed E-state index contributed by atoms with van der Waals surface area (Å²) in [6.07, 6.45) is 3.26. The number of aromatic nitrogens is 1. The molecule has 2 aromatic rings. The number of pyridine rings is 1. The van der Waals surface area contributed by atoms with Crippen LogP contribution in [0, 0.1) is 5.92 Å². The minimum atomic E-state index is -1.24. The Labute approximate surface area is 161 Å². The van der Waals surface area contributed by atoms with Crippen LogP contribution in [0.4, 0.5) is 5.69 Å². The fourth-order valence-electron chi connectivity index (χ4n) is 4.06. The maximum Gasteiger partial charge on any atom is 0.341 e. The molecule has 1 aliphatic heterocycles. The number of fused-ring (bicyclic) bond motifs is 1. The Morgan fingerprint density at radius 2 is 2.04 bits per heavy atom. The molecule has 8 heteroatoms. The summed E-state index contributed by atoms with van der Waals surface area (Å²) in [6.45, 7) is 0.946. The summed E-state index contributed by atoms with van der Waals surface area (Å²) < 4.78 is 7.54. The summed E-state index contributed by atoms with van der Waals surface area (Å²) in [6, 6.07) is 3.54. The number of benzene rings is 1. The quantitative estimate of drug-likeness (QED) is 0.706. The summed E-state index contributed by atoms with van der Waals surface area (Å²) in [5.41, 5.74) is 0.579. The van der Waals surface area contributed by atoms with Crippen molar-refractivity contribution in [1.29, 1.82) is 0 Å². The van der Waals surface area contributed by atoms with Crippen molar-refractivity contribution in [2.75, 3.05) is 31.7 Å². The average molecular weight is 388 g/mol. The summed E-state index contributed by atoms with van der Waals surface area (Å²) in [4.78, 5) is 26.2. The Bertz CT molecular complexity index is 981. The lowest BCUT2D eigenvalue weighted by Crippen LogP contribution is -2.45. The third-order valence-corrected chi connectivity index (χ3v) is 5.80. The Hall–Kier alpha value is -2.58. The third-order valence-electron chi connectivity index (χ3n) is 5.80. The predicted octanol–water partition coefficient (Wildman–Crippen LogP) is 1.22. The Balaban J connectivity index is 1.89. The van der Waals surface area contributed by atoms with Crippen LogP contribution in [-0.2, 0) is 0 Å². The van der Waals surface area contributed by atoms with Gasteiger partial charge in [-0.1, -0.05) is 0 Å². The summed E-state index contributed by atoms with van der Waals surface area (Å²) in [7, 11) is 1.53. The van der Waals surface area contributed by atoms with Gasteiger partial charge in [-0.25, -0.2) is 4.79 Å². The first kappa shape index (κ1) is 18.8. The number of aliphatic hydroxyl groups is 2. The molecule has 1 saturated heterocycles. The lowest BCUT2D eigenvalue weighted by atomic mass is 9.94. The lowest BCUT2D eigenvalue weighted by Gasteiger charge is -2.37. The molecular formula is C20H24N2O6. The zero-order valence-corrected chi connectivity index (χ0v) is 15.7. The van der Waals surface area contributed by atoms with Gasteiger partial charge in [0.25, 0.3) is 0 Å². The second kappa shape index (κ2) is 7.10. The van der Waals surface area contributed by atoms with Crippen molar-refractivity contribution >= 4 is 22.6 Å².